The van der Waals surface area contributed by atoms with E-state index in [0.29, 0.717) is 12.5 Å². The molecule has 0 radical (unpaired) electrons. The molecule has 24 heavy (non-hydrogen) atoms. The van der Waals surface area contributed by atoms with Gasteiger partial charge in [-0.2, -0.15) is 0 Å². The topological polar surface area (TPSA) is 83.4 Å². The number of nitrogens with one attached hydrogen (secondary N) is 1. The van der Waals surface area contributed by atoms with Crippen molar-refractivity contribution < 1.29 is 9.84 Å². The van der Waals surface area contributed by atoms with E-state index in [0.717, 1.165) is 49.0 Å². The lowest BCUT2D eigenvalue weighted by molar-refractivity contribution is 0.208. The van der Waals surface area contributed by atoms with Crippen molar-refractivity contribution in [3.8, 4) is 5.75 Å². The highest BCUT2D eigenvalue weighted by atomic mass is 16.5. The molecule has 0 spiro atoms. The van der Waals surface area contributed by atoms with E-state index in [1.165, 1.54) is 0 Å². The molecule has 2 aromatic heterocycles. The van der Waals surface area contributed by atoms with Crippen molar-refractivity contribution in [2.24, 2.45) is 5.92 Å². The van der Waals surface area contributed by atoms with Crippen LogP contribution in [-0.4, -0.2) is 46.9 Å². The van der Waals surface area contributed by atoms with Gasteiger partial charge in [0.15, 0.2) is 0 Å². The van der Waals surface area contributed by atoms with Crippen LogP contribution in [0.2, 0.25) is 0 Å². The predicted octanol–water partition coefficient (Wildman–Crippen LogP) is 1.70. The monoisotopic (exact) mass is 329 g/mol. The summed E-state index contributed by atoms with van der Waals surface area (Å²) in [5.41, 5.74) is 0.832. The summed E-state index contributed by atoms with van der Waals surface area (Å²) in [5.74, 6) is 2.71. The van der Waals surface area contributed by atoms with E-state index < -0.39 is 0 Å². The van der Waals surface area contributed by atoms with Gasteiger partial charge in [-0.25, -0.2) is 9.97 Å². The molecule has 128 valence electrons. The summed E-state index contributed by atoms with van der Waals surface area (Å²) >= 11 is 0. The second kappa shape index (κ2) is 7.92. The molecule has 7 nitrogen and oxygen atoms in total. The first-order valence-corrected chi connectivity index (χ1v) is 8.19. The number of hydrogen-bond donors (Lipinski definition) is 2. The van der Waals surface area contributed by atoms with Crippen LogP contribution in [0, 0.1) is 5.92 Å². The van der Waals surface area contributed by atoms with Crippen LogP contribution < -0.4 is 15.0 Å². The fraction of sp³-hybridized carbons (Fsp3) is 0.471. The zero-order valence-electron chi connectivity index (χ0n) is 13.9. The Morgan fingerprint density at radius 3 is 3.12 bits per heavy atom. The average molecular weight is 329 g/mol. The van der Waals surface area contributed by atoms with Crippen LogP contribution in [0.25, 0.3) is 0 Å². The van der Waals surface area contributed by atoms with Gasteiger partial charge in [0.1, 0.15) is 29.4 Å². The minimum absolute atomic E-state index is 0.228. The third kappa shape index (κ3) is 3.91. The minimum Gasteiger partial charge on any atom is -0.495 e. The van der Waals surface area contributed by atoms with E-state index in [9.17, 15) is 5.11 Å². The van der Waals surface area contributed by atoms with Crippen molar-refractivity contribution in [3.63, 3.8) is 0 Å². The lowest BCUT2D eigenvalue weighted by atomic mass is 9.99. The number of aliphatic hydroxyl groups excluding tert-OH is 1. The molecular formula is C17H23N5O2. The second-order valence-corrected chi connectivity index (χ2v) is 5.90. The van der Waals surface area contributed by atoms with Gasteiger partial charge in [0.2, 0.25) is 0 Å². The number of nitrogens with zero attached hydrogens (tertiary/aromatic N) is 4. The highest BCUT2D eigenvalue weighted by Crippen LogP contribution is 2.23. The molecule has 1 aliphatic rings. The summed E-state index contributed by atoms with van der Waals surface area (Å²) in [7, 11) is 1.64. The molecule has 1 fully saturated rings. The van der Waals surface area contributed by atoms with E-state index in [1.54, 1.807) is 19.6 Å². The molecule has 1 aliphatic heterocycles. The maximum atomic E-state index is 9.38. The van der Waals surface area contributed by atoms with Crippen LogP contribution in [0.1, 0.15) is 18.5 Å². The van der Waals surface area contributed by atoms with Gasteiger partial charge < -0.3 is 20.1 Å². The number of methoxy groups -OCH3 is 1. The standard InChI is InChI=1S/C17H23N5O2/c1-24-15-5-2-6-18-14(15)9-19-16-8-17(21-12-20-16)22-7-3-4-13(10-22)11-23/h2,5-6,8,12-13,23H,3-4,7,9-11H2,1H3,(H,19,20,21). The fourth-order valence-corrected chi connectivity index (χ4v) is 2.95. The van der Waals surface area contributed by atoms with Gasteiger partial charge in [-0.15, -0.1) is 0 Å². The molecule has 3 heterocycles. The van der Waals surface area contributed by atoms with Gasteiger partial charge in [0.25, 0.3) is 0 Å². The maximum absolute atomic E-state index is 9.38. The van der Waals surface area contributed by atoms with Gasteiger partial charge in [-0.3, -0.25) is 4.98 Å². The van der Waals surface area contributed by atoms with Crippen LogP contribution in [0.4, 0.5) is 11.6 Å². The first-order chi connectivity index (χ1) is 11.8. The minimum atomic E-state index is 0.228. The van der Waals surface area contributed by atoms with Crippen molar-refractivity contribution in [3.05, 3.63) is 36.4 Å². The van der Waals surface area contributed by atoms with Crippen LogP contribution >= 0.6 is 0 Å². The zero-order chi connectivity index (χ0) is 16.8. The van der Waals surface area contributed by atoms with Gasteiger partial charge in [0, 0.05) is 32.0 Å². The molecular weight excluding hydrogens is 306 g/mol. The average Bonchev–Trinajstić information content (AvgIpc) is 2.67. The Hall–Kier alpha value is -2.41. The molecule has 1 atom stereocenters. The number of ether oxygens (including phenoxy) is 1. The highest BCUT2D eigenvalue weighted by molar-refractivity contribution is 5.49. The van der Waals surface area contributed by atoms with Crippen molar-refractivity contribution >= 4 is 11.6 Å². The van der Waals surface area contributed by atoms with Gasteiger partial charge in [-0.1, -0.05) is 0 Å². The number of aliphatic hydroxyl groups is 1. The van der Waals surface area contributed by atoms with Gasteiger partial charge >= 0.3 is 0 Å². The normalized spacial score (nSPS) is 17.6. The Kier molecular flexibility index (Phi) is 5.43. The molecule has 0 saturated carbocycles. The van der Waals surface area contributed by atoms with E-state index in [4.69, 9.17) is 4.74 Å². The summed E-state index contributed by atoms with van der Waals surface area (Å²) in [4.78, 5) is 15.2. The van der Waals surface area contributed by atoms with E-state index in [2.05, 4.69) is 25.2 Å². The van der Waals surface area contributed by atoms with E-state index >= 15 is 0 Å². The van der Waals surface area contributed by atoms with Crippen molar-refractivity contribution in [1.29, 1.82) is 0 Å². The summed E-state index contributed by atoms with van der Waals surface area (Å²) in [6.45, 7) is 2.55. The van der Waals surface area contributed by atoms with Crippen molar-refractivity contribution in [2.45, 2.75) is 19.4 Å². The lowest BCUT2D eigenvalue weighted by Crippen LogP contribution is -2.37. The number of hydrogen-bond acceptors (Lipinski definition) is 7. The quantitative estimate of drug-likeness (QED) is 0.834. The van der Waals surface area contributed by atoms with E-state index in [1.807, 2.05) is 18.2 Å². The van der Waals surface area contributed by atoms with Gasteiger partial charge in [0.05, 0.1) is 13.7 Å². The second-order valence-electron chi connectivity index (χ2n) is 5.90. The van der Waals surface area contributed by atoms with Crippen molar-refractivity contribution in [2.75, 3.05) is 37.0 Å². The Morgan fingerprint density at radius 2 is 2.29 bits per heavy atom. The number of anilines is 2. The summed E-state index contributed by atoms with van der Waals surface area (Å²) in [5, 5.41) is 12.7. The first-order valence-electron chi connectivity index (χ1n) is 8.19. The summed E-state index contributed by atoms with van der Waals surface area (Å²) in [6.07, 6.45) is 5.45. The molecule has 1 unspecified atom stereocenters. The fourth-order valence-electron chi connectivity index (χ4n) is 2.95. The Balaban J connectivity index is 1.67. The summed E-state index contributed by atoms with van der Waals surface area (Å²) < 4.78 is 5.31. The molecule has 2 N–H and O–H groups in total. The van der Waals surface area contributed by atoms with Crippen LogP contribution in [0.15, 0.2) is 30.7 Å². The SMILES string of the molecule is COc1cccnc1CNc1cc(N2CCCC(CO)C2)ncn1. The number of rotatable bonds is 6. The van der Waals surface area contributed by atoms with Crippen LogP contribution in [0.3, 0.4) is 0 Å². The zero-order valence-corrected chi connectivity index (χ0v) is 13.9. The lowest BCUT2D eigenvalue weighted by Gasteiger charge is -2.32. The van der Waals surface area contributed by atoms with Crippen LogP contribution in [-0.2, 0) is 6.54 Å². The number of piperidine rings is 1. The van der Waals surface area contributed by atoms with Crippen molar-refractivity contribution in [1.82, 2.24) is 15.0 Å². The Morgan fingerprint density at radius 1 is 1.38 bits per heavy atom. The molecule has 0 bridgehead atoms. The number of aromatic nitrogens is 3. The molecule has 0 aromatic carbocycles. The largest absolute Gasteiger partial charge is 0.495 e. The molecule has 0 aliphatic carbocycles. The smallest absolute Gasteiger partial charge is 0.142 e. The third-order valence-electron chi connectivity index (χ3n) is 4.26. The molecule has 7 heteroatoms. The third-order valence-corrected chi connectivity index (χ3v) is 4.26. The maximum Gasteiger partial charge on any atom is 0.142 e. The molecule has 0 amide bonds. The Labute approximate surface area is 141 Å². The number of pyridine rings is 1. The molecule has 3 rings (SSSR count). The van der Waals surface area contributed by atoms with Gasteiger partial charge in [-0.05, 0) is 30.9 Å². The van der Waals surface area contributed by atoms with E-state index in [-0.39, 0.29) is 6.61 Å². The van der Waals surface area contributed by atoms with Crippen LogP contribution in [0.5, 0.6) is 5.75 Å². The molecule has 2 aromatic rings. The molecule has 1 saturated heterocycles. The first kappa shape index (κ1) is 16.4. The summed E-state index contributed by atoms with van der Waals surface area (Å²) in [6, 6.07) is 5.67. The Bertz CT molecular complexity index is 667. The highest BCUT2D eigenvalue weighted by Gasteiger charge is 2.20. The predicted molar refractivity (Wildman–Crippen MR) is 92.2 cm³/mol.